The summed E-state index contributed by atoms with van der Waals surface area (Å²) in [4.78, 5) is 4.38. The average molecular weight is 285 g/mol. The SMILES string of the molecule is CC(C)NCc1cccc2ccn(Cc3nccs3)c12. The molecule has 2 aromatic heterocycles. The van der Waals surface area contributed by atoms with Gasteiger partial charge in [-0.3, -0.25) is 0 Å². The third-order valence-electron chi connectivity index (χ3n) is 3.36. The van der Waals surface area contributed by atoms with Crippen LogP contribution in [0.4, 0.5) is 0 Å². The highest BCUT2D eigenvalue weighted by Crippen LogP contribution is 2.22. The third-order valence-corrected chi connectivity index (χ3v) is 4.13. The molecule has 2 heterocycles. The van der Waals surface area contributed by atoms with E-state index in [0.29, 0.717) is 6.04 Å². The van der Waals surface area contributed by atoms with Gasteiger partial charge in [-0.15, -0.1) is 11.3 Å². The summed E-state index contributed by atoms with van der Waals surface area (Å²) in [5.41, 5.74) is 2.66. The van der Waals surface area contributed by atoms with Crippen LogP contribution in [0.2, 0.25) is 0 Å². The number of nitrogens with one attached hydrogen (secondary N) is 1. The molecule has 0 amide bonds. The lowest BCUT2D eigenvalue weighted by Crippen LogP contribution is -2.22. The maximum absolute atomic E-state index is 4.38. The van der Waals surface area contributed by atoms with Gasteiger partial charge in [0.25, 0.3) is 0 Å². The zero-order valence-corrected chi connectivity index (χ0v) is 12.7. The van der Waals surface area contributed by atoms with Crippen molar-refractivity contribution in [3.05, 3.63) is 52.6 Å². The zero-order valence-electron chi connectivity index (χ0n) is 11.8. The lowest BCUT2D eigenvalue weighted by Gasteiger charge is -2.12. The van der Waals surface area contributed by atoms with Crippen LogP contribution < -0.4 is 5.32 Å². The van der Waals surface area contributed by atoms with E-state index in [-0.39, 0.29) is 0 Å². The van der Waals surface area contributed by atoms with Crippen molar-refractivity contribution >= 4 is 22.2 Å². The number of nitrogens with zero attached hydrogens (tertiary/aromatic N) is 2. The molecule has 20 heavy (non-hydrogen) atoms. The van der Waals surface area contributed by atoms with Gasteiger partial charge in [0.05, 0.1) is 12.1 Å². The molecule has 1 aromatic carbocycles. The lowest BCUT2D eigenvalue weighted by molar-refractivity contribution is 0.589. The number of para-hydroxylation sites is 1. The maximum Gasteiger partial charge on any atom is 0.112 e. The second-order valence-corrected chi connectivity index (χ2v) is 6.24. The van der Waals surface area contributed by atoms with Crippen LogP contribution >= 0.6 is 11.3 Å². The Morgan fingerprint density at radius 3 is 2.95 bits per heavy atom. The minimum Gasteiger partial charge on any atom is -0.340 e. The van der Waals surface area contributed by atoms with E-state index < -0.39 is 0 Å². The van der Waals surface area contributed by atoms with E-state index in [0.717, 1.165) is 18.1 Å². The fourth-order valence-electron chi connectivity index (χ4n) is 2.41. The Balaban J connectivity index is 1.96. The normalized spacial score (nSPS) is 11.6. The molecule has 0 saturated carbocycles. The Kier molecular flexibility index (Phi) is 3.85. The third kappa shape index (κ3) is 2.76. The van der Waals surface area contributed by atoms with Crippen LogP contribution in [-0.4, -0.2) is 15.6 Å². The van der Waals surface area contributed by atoms with Crippen molar-refractivity contribution < 1.29 is 0 Å². The number of fused-ring (bicyclic) bond motifs is 1. The first-order valence-corrected chi connectivity index (χ1v) is 7.80. The summed E-state index contributed by atoms with van der Waals surface area (Å²) < 4.78 is 2.30. The van der Waals surface area contributed by atoms with E-state index in [1.807, 2.05) is 11.6 Å². The van der Waals surface area contributed by atoms with Gasteiger partial charge >= 0.3 is 0 Å². The first-order valence-electron chi connectivity index (χ1n) is 6.92. The predicted molar refractivity (Wildman–Crippen MR) is 85.1 cm³/mol. The van der Waals surface area contributed by atoms with Gasteiger partial charge in [-0.05, 0) is 17.0 Å². The molecule has 0 fully saturated rings. The van der Waals surface area contributed by atoms with E-state index >= 15 is 0 Å². The monoisotopic (exact) mass is 285 g/mol. The fourth-order valence-corrected chi connectivity index (χ4v) is 3.02. The number of rotatable bonds is 5. The van der Waals surface area contributed by atoms with Crippen molar-refractivity contribution in [1.82, 2.24) is 14.9 Å². The Morgan fingerprint density at radius 1 is 1.30 bits per heavy atom. The average Bonchev–Trinajstić information content (AvgIpc) is 3.07. The van der Waals surface area contributed by atoms with Gasteiger partial charge in [-0.1, -0.05) is 32.0 Å². The number of thiazole rings is 1. The molecule has 0 saturated heterocycles. The van der Waals surface area contributed by atoms with E-state index in [1.54, 1.807) is 11.3 Å². The number of hydrogen-bond acceptors (Lipinski definition) is 3. The quantitative estimate of drug-likeness (QED) is 0.775. The van der Waals surface area contributed by atoms with E-state index in [4.69, 9.17) is 0 Å². The highest BCUT2D eigenvalue weighted by Gasteiger charge is 2.08. The summed E-state index contributed by atoms with van der Waals surface area (Å²) in [7, 11) is 0. The van der Waals surface area contributed by atoms with Crippen molar-refractivity contribution in [2.24, 2.45) is 0 Å². The summed E-state index contributed by atoms with van der Waals surface area (Å²) in [6.45, 7) is 6.10. The van der Waals surface area contributed by atoms with Crippen LogP contribution in [0.25, 0.3) is 10.9 Å². The standard InChI is InChI=1S/C16H19N3S/c1-12(2)18-10-14-5-3-4-13-6-8-19(16(13)14)11-15-17-7-9-20-15/h3-9,12,18H,10-11H2,1-2H3. The Morgan fingerprint density at radius 2 is 2.20 bits per heavy atom. The molecule has 0 unspecified atom stereocenters. The van der Waals surface area contributed by atoms with Crippen molar-refractivity contribution in [2.75, 3.05) is 0 Å². The van der Waals surface area contributed by atoms with Gasteiger partial charge in [-0.2, -0.15) is 0 Å². The van der Waals surface area contributed by atoms with E-state index in [2.05, 4.69) is 59.2 Å². The predicted octanol–water partition coefficient (Wildman–Crippen LogP) is 3.64. The van der Waals surface area contributed by atoms with Crippen molar-refractivity contribution in [1.29, 1.82) is 0 Å². The smallest absolute Gasteiger partial charge is 0.112 e. The zero-order chi connectivity index (χ0) is 13.9. The summed E-state index contributed by atoms with van der Waals surface area (Å²) in [6, 6.07) is 9.19. The largest absolute Gasteiger partial charge is 0.340 e. The molecule has 0 spiro atoms. The second kappa shape index (κ2) is 5.77. The van der Waals surface area contributed by atoms with E-state index in [9.17, 15) is 0 Å². The molecular formula is C16H19N3S. The summed E-state index contributed by atoms with van der Waals surface area (Å²) in [6.07, 6.45) is 4.03. The number of benzene rings is 1. The molecule has 0 aliphatic heterocycles. The van der Waals surface area contributed by atoms with Crippen molar-refractivity contribution in [3.8, 4) is 0 Å². The van der Waals surface area contributed by atoms with Crippen molar-refractivity contribution in [3.63, 3.8) is 0 Å². The molecule has 0 radical (unpaired) electrons. The van der Waals surface area contributed by atoms with Gasteiger partial charge in [0.15, 0.2) is 0 Å². The number of aromatic nitrogens is 2. The molecule has 0 atom stereocenters. The van der Waals surface area contributed by atoms with Gasteiger partial charge in [0.2, 0.25) is 0 Å². The van der Waals surface area contributed by atoms with Crippen LogP contribution in [0.1, 0.15) is 24.4 Å². The first kappa shape index (κ1) is 13.3. The molecule has 0 bridgehead atoms. The Bertz CT molecular complexity index is 683. The molecule has 104 valence electrons. The van der Waals surface area contributed by atoms with Gasteiger partial charge in [0.1, 0.15) is 5.01 Å². The summed E-state index contributed by atoms with van der Waals surface area (Å²) >= 11 is 1.71. The van der Waals surface area contributed by atoms with Crippen LogP contribution in [0.3, 0.4) is 0 Å². The molecule has 4 heteroatoms. The van der Waals surface area contributed by atoms with Crippen LogP contribution in [-0.2, 0) is 13.1 Å². The molecule has 0 aliphatic rings. The van der Waals surface area contributed by atoms with Gasteiger partial charge in [0, 0.05) is 30.4 Å². The first-order chi connectivity index (χ1) is 9.74. The van der Waals surface area contributed by atoms with Crippen LogP contribution in [0.15, 0.2) is 42.0 Å². The maximum atomic E-state index is 4.38. The van der Waals surface area contributed by atoms with E-state index in [1.165, 1.54) is 16.5 Å². The van der Waals surface area contributed by atoms with Crippen LogP contribution in [0, 0.1) is 0 Å². The number of hydrogen-bond donors (Lipinski definition) is 1. The molecule has 3 nitrogen and oxygen atoms in total. The fraction of sp³-hybridized carbons (Fsp3) is 0.312. The highest BCUT2D eigenvalue weighted by atomic mass is 32.1. The highest BCUT2D eigenvalue weighted by molar-refractivity contribution is 7.09. The molecule has 0 aliphatic carbocycles. The Hall–Kier alpha value is -1.65. The topological polar surface area (TPSA) is 29.9 Å². The molecule has 1 N–H and O–H groups in total. The molecule has 3 rings (SSSR count). The Labute approximate surface area is 123 Å². The molecular weight excluding hydrogens is 266 g/mol. The van der Waals surface area contributed by atoms with Gasteiger partial charge < -0.3 is 9.88 Å². The summed E-state index contributed by atoms with van der Waals surface area (Å²) in [5, 5.41) is 7.98. The van der Waals surface area contributed by atoms with Crippen LogP contribution in [0.5, 0.6) is 0 Å². The minimum absolute atomic E-state index is 0.493. The van der Waals surface area contributed by atoms with Gasteiger partial charge in [-0.25, -0.2) is 4.98 Å². The minimum atomic E-state index is 0.493. The summed E-state index contributed by atoms with van der Waals surface area (Å²) in [5.74, 6) is 0. The van der Waals surface area contributed by atoms with Crippen molar-refractivity contribution in [2.45, 2.75) is 33.0 Å². The second-order valence-electron chi connectivity index (χ2n) is 5.26. The lowest BCUT2D eigenvalue weighted by atomic mass is 10.1. The molecule has 3 aromatic rings.